The molecule has 0 aromatic rings. The molecule has 82 valence electrons. The quantitative estimate of drug-likeness (QED) is 0.741. The average molecular weight is 196 g/mol. The average Bonchev–Trinajstić information content (AvgIpc) is 2.77. The highest BCUT2D eigenvalue weighted by Crippen LogP contribution is 2.26. The normalized spacial score (nSPS) is 39.4. The van der Waals surface area contributed by atoms with Crippen LogP contribution in [0, 0.1) is 5.92 Å². The van der Waals surface area contributed by atoms with Crippen LogP contribution >= 0.6 is 0 Å². The van der Waals surface area contributed by atoms with Gasteiger partial charge in [-0.2, -0.15) is 0 Å². The Labute approximate surface area is 88.1 Å². The van der Waals surface area contributed by atoms with Crippen molar-refractivity contribution in [1.29, 1.82) is 0 Å². The molecule has 0 amide bonds. The molecule has 0 spiro atoms. The molecule has 14 heavy (non-hydrogen) atoms. The van der Waals surface area contributed by atoms with Crippen molar-refractivity contribution in [3.05, 3.63) is 0 Å². The van der Waals surface area contributed by atoms with Crippen molar-refractivity contribution >= 4 is 0 Å². The first kappa shape index (κ1) is 10.4. The smallest absolute Gasteiger partial charge is 0.0306 e. The molecule has 2 rings (SSSR count). The first-order chi connectivity index (χ1) is 6.74. The Morgan fingerprint density at radius 1 is 1.50 bits per heavy atom. The van der Waals surface area contributed by atoms with Gasteiger partial charge >= 0.3 is 0 Å². The zero-order chi connectivity index (χ0) is 10.0. The molecule has 2 unspecified atom stereocenters. The van der Waals surface area contributed by atoms with Gasteiger partial charge in [-0.15, -0.1) is 0 Å². The summed E-state index contributed by atoms with van der Waals surface area (Å²) >= 11 is 0. The zero-order valence-corrected chi connectivity index (χ0v) is 9.68. The number of nitrogens with one attached hydrogen (secondary N) is 1. The minimum Gasteiger partial charge on any atom is -0.310 e. The van der Waals surface area contributed by atoms with E-state index in [1.54, 1.807) is 0 Å². The predicted molar refractivity (Wildman–Crippen MR) is 60.5 cm³/mol. The van der Waals surface area contributed by atoms with Crippen LogP contribution in [0.25, 0.3) is 0 Å². The molecule has 0 radical (unpaired) electrons. The van der Waals surface area contributed by atoms with Crippen molar-refractivity contribution in [2.75, 3.05) is 26.2 Å². The van der Waals surface area contributed by atoms with E-state index in [2.05, 4.69) is 24.1 Å². The number of likely N-dealkylation sites (tertiary alicyclic amines) is 1. The lowest BCUT2D eigenvalue weighted by atomic mass is 9.93. The van der Waals surface area contributed by atoms with Gasteiger partial charge in [-0.25, -0.2) is 0 Å². The Bertz CT molecular complexity index is 185. The highest BCUT2D eigenvalue weighted by atomic mass is 15.2. The second-order valence-electron chi connectivity index (χ2n) is 5.29. The molecule has 0 aliphatic carbocycles. The summed E-state index contributed by atoms with van der Waals surface area (Å²) in [5.41, 5.74) is 0.462. The Balaban J connectivity index is 1.88. The third-order valence-corrected chi connectivity index (χ3v) is 4.04. The Hall–Kier alpha value is -0.0800. The predicted octanol–water partition coefficient (Wildman–Crippen LogP) is 1.86. The van der Waals surface area contributed by atoms with Gasteiger partial charge in [0.2, 0.25) is 0 Å². The van der Waals surface area contributed by atoms with Gasteiger partial charge in [0, 0.05) is 18.6 Å². The first-order valence-electron chi connectivity index (χ1n) is 6.21. The molecule has 0 bridgehead atoms. The van der Waals surface area contributed by atoms with E-state index >= 15 is 0 Å². The van der Waals surface area contributed by atoms with Crippen molar-refractivity contribution in [3.63, 3.8) is 0 Å². The van der Waals surface area contributed by atoms with E-state index in [4.69, 9.17) is 0 Å². The maximum absolute atomic E-state index is 3.72. The van der Waals surface area contributed by atoms with Crippen LogP contribution in [-0.4, -0.2) is 36.6 Å². The fourth-order valence-corrected chi connectivity index (χ4v) is 3.02. The van der Waals surface area contributed by atoms with Crippen LogP contribution in [0.15, 0.2) is 0 Å². The van der Waals surface area contributed by atoms with Gasteiger partial charge in [-0.1, -0.05) is 13.8 Å². The SMILES string of the molecule is CCC1(CN2CCC(C)C2)CCCN1. The van der Waals surface area contributed by atoms with E-state index in [1.165, 1.54) is 51.9 Å². The molecule has 0 aromatic carbocycles. The van der Waals surface area contributed by atoms with Gasteiger partial charge in [0.1, 0.15) is 0 Å². The van der Waals surface area contributed by atoms with Gasteiger partial charge in [0.15, 0.2) is 0 Å². The van der Waals surface area contributed by atoms with Crippen LogP contribution in [-0.2, 0) is 0 Å². The molecule has 2 heterocycles. The van der Waals surface area contributed by atoms with Crippen LogP contribution in [0.2, 0.25) is 0 Å². The molecule has 2 heteroatoms. The third kappa shape index (κ3) is 2.12. The lowest BCUT2D eigenvalue weighted by Crippen LogP contribution is -2.48. The Morgan fingerprint density at radius 2 is 2.36 bits per heavy atom. The van der Waals surface area contributed by atoms with Gasteiger partial charge < -0.3 is 10.2 Å². The summed E-state index contributed by atoms with van der Waals surface area (Å²) in [6.07, 6.45) is 5.45. The Kier molecular flexibility index (Phi) is 3.13. The van der Waals surface area contributed by atoms with Crippen LogP contribution in [0.5, 0.6) is 0 Å². The summed E-state index contributed by atoms with van der Waals surface area (Å²) in [6.45, 7) is 9.87. The third-order valence-electron chi connectivity index (χ3n) is 4.04. The highest BCUT2D eigenvalue weighted by molar-refractivity contribution is 4.95. The number of hydrogen-bond donors (Lipinski definition) is 1. The molecular formula is C12H24N2. The number of hydrogen-bond acceptors (Lipinski definition) is 2. The summed E-state index contributed by atoms with van der Waals surface area (Å²) in [7, 11) is 0. The molecule has 2 aliphatic heterocycles. The maximum Gasteiger partial charge on any atom is 0.0306 e. The maximum atomic E-state index is 3.72. The van der Waals surface area contributed by atoms with Crippen LogP contribution < -0.4 is 5.32 Å². The Morgan fingerprint density at radius 3 is 2.86 bits per heavy atom. The standard InChI is InChI=1S/C12H24N2/c1-3-12(6-4-7-13-12)10-14-8-5-11(2)9-14/h11,13H,3-10H2,1-2H3. The van der Waals surface area contributed by atoms with Gasteiger partial charge in [-0.05, 0) is 44.7 Å². The van der Waals surface area contributed by atoms with E-state index in [9.17, 15) is 0 Å². The van der Waals surface area contributed by atoms with Gasteiger partial charge in [0.05, 0.1) is 0 Å². The van der Waals surface area contributed by atoms with Crippen molar-refractivity contribution in [1.82, 2.24) is 10.2 Å². The largest absolute Gasteiger partial charge is 0.310 e. The molecule has 2 nitrogen and oxygen atoms in total. The van der Waals surface area contributed by atoms with E-state index in [1.807, 2.05) is 0 Å². The van der Waals surface area contributed by atoms with Crippen LogP contribution in [0.3, 0.4) is 0 Å². The molecule has 2 fully saturated rings. The molecule has 2 atom stereocenters. The van der Waals surface area contributed by atoms with Crippen molar-refractivity contribution in [2.45, 2.75) is 45.1 Å². The van der Waals surface area contributed by atoms with Gasteiger partial charge in [-0.3, -0.25) is 0 Å². The molecule has 2 saturated heterocycles. The second-order valence-corrected chi connectivity index (χ2v) is 5.29. The first-order valence-corrected chi connectivity index (χ1v) is 6.21. The summed E-state index contributed by atoms with van der Waals surface area (Å²) in [4.78, 5) is 2.66. The summed E-state index contributed by atoms with van der Waals surface area (Å²) in [5.74, 6) is 0.922. The summed E-state index contributed by atoms with van der Waals surface area (Å²) < 4.78 is 0. The number of nitrogens with zero attached hydrogens (tertiary/aromatic N) is 1. The van der Waals surface area contributed by atoms with E-state index < -0.39 is 0 Å². The molecule has 0 aromatic heterocycles. The van der Waals surface area contributed by atoms with Crippen molar-refractivity contribution < 1.29 is 0 Å². The monoisotopic (exact) mass is 196 g/mol. The van der Waals surface area contributed by atoms with E-state index in [0.29, 0.717) is 5.54 Å². The topological polar surface area (TPSA) is 15.3 Å². The zero-order valence-electron chi connectivity index (χ0n) is 9.68. The molecular weight excluding hydrogens is 172 g/mol. The molecule has 0 saturated carbocycles. The summed E-state index contributed by atoms with van der Waals surface area (Å²) in [6, 6.07) is 0. The number of rotatable bonds is 3. The van der Waals surface area contributed by atoms with Crippen molar-refractivity contribution in [2.24, 2.45) is 5.92 Å². The van der Waals surface area contributed by atoms with Crippen LogP contribution in [0.1, 0.15) is 39.5 Å². The molecule has 2 aliphatic rings. The highest BCUT2D eigenvalue weighted by Gasteiger charge is 2.34. The minimum atomic E-state index is 0.462. The lowest BCUT2D eigenvalue weighted by Gasteiger charge is -2.33. The van der Waals surface area contributed by atoms with E-state index in [-0.39, 0.29) is 0 Å². The summed E-state index contributed by atoms with van der Waals surface area (Å²) in [5, 5.41) is 3.72. The van der Waals surface area contributed by atoms with E-state index in [0.717, 1.165) is 5.92 Å². The second kappa shape index (κ2) is 4.19. The van der Waals surface area contributed by atoms with Crippen LogP contribution in [0.4, 0.5) is 0 Å². The van der Waals surface area contributed by atoms with Gasteiger partial charge in [0.25, 0.3) is 0 Å². The molecule has 1 N–H and O–H groups in total. The fourth-order valence-electron chi connectivity index (χ4n) is 3.02. The van der Waals surface area contributed by atoms with Crippen molar-refractivity contribution in [3.8, 4) is 0 Å². The fraction of sp³-hybridized carbons (Fsp3) is 1.00. The lowest BCUT2D eigenvalue weighted by molar-refractivity contribution is 0.215. The minimum absolute atomic E-state index is 0.462.